The van der Waals surface area contributed by atoms with E-state index in [0.717, 1.165) is 5.06 Å². The van der Waals surface area contributed by atoms with Gasteiger partial charge in [-0.15, -0.1) is 11.3 Å². The zero-order valence-corrected chi connectivity index (χ0v) is 10.8. The van der Waals surface area contributed by atoms with Gasteiger partial charge in [-0.2, -0.15) is 0 Å². The summed E-state index contributed by atoms with van der Waals surface area (Å²) in [5, 5.41) is 0.922. The summed E-state index contributed by atoms with van der Waals surface area (Å²) in [5.74, 6) is 0. The van der Waals surface area contributed by atoms with Crippen molar-refractivity contribution >= 4 is 27.3 Å². The van der Waals surface area contributed by atoms with Crippen LogP contribution in [0.4, 0.5) is 0 Å². The molecule has 2 atom stereocenters. The first kappa shape index (κ1) is 11.4. The molecule has 2 heterocycles. The molecule has 0 N–H and O–H groups in total. The van der Waals surface area contributed by atoms with Gasteiger partial charge in [0.05, 0.1) is 37.9 Å². The highest BCUT2D eigenvalue weighted by atomic mass is 79.9. The zero-order chi connectivity index (χ0) is 10.7. The Morgan fingerprint density at radius 3 is 3.00 bits per heavy atom. The van der Waals surface area contributed by atoms with Crippen LogP contribution in [0.3, 0.4) is 0 Å². The molecule has 0 aliphatic carbocycles. The molecule has 0 bridgehead atoms. The van der Waals surface area contributed by atoms with Gasteiger partial charge in [0.25, 0.3) is 0 Å². The highest BCUT2D eigenvalue weighted by Gasteiger charge is 2.25. The Labute approximate surface area is 101 Å². The third-order valence-corrected chi connectivity index (χ3v) is 4.76. The molecule has 0 spiro atoms. The summed E-state index contributed by atoms with van der Waals surface area (Å²) in [4.78, 5) is 1.40. The predicted molar refractivity (Wildman–Crippen MR) is 63.1 cm³/mol. The molecule has 15 heavy (non-hydrogen) atoms. The van der Waals surface area contributed by atoms with Crippen LogP contribution < -0.4 is 4.74 Å². The molecule has 2 unspecified atom stereocenters. The van der Waals surface area contributed by atoms with E-state index >= 15 is 0 Å². The Hall–Kier alpha value is -0.100. The fourth-order valence-electron chi connectivity index (χ4n) is 1.45. The first-order chi connectivity index (χ1) is 7.31. The molecule has 84 valence electrons. The second kappa shape index (κ2) is 5.30. The maximum atomic E-state index is 5.63. The van der Waals surface area contributed by atoms with E-state index in [9.17, 15) is 0 Å². The number of ether oxygens (including phenoxy) is 3. The van der Waals surface area contributed by atoms with Crippen LogP contribution in [0.5, 0.6) is 5.06 Å². The molecular formula is C10H13BrO3S. The van der Waals surface area contributed by atoms with Gasteiger partial charge in [-0.3, -0.25) is 0 Å². The minimum absolute atomic E-state index is 0.0992. The van der Waals surface area contributed by atoms with Gasteiger partial charge in [0.2, 0.25) is 0 Å². The van der Waals surface area contributed by atoms with E-state index in [1.54, 1.807) is 18.4 Å². The van der Waals surface area contributed by atoms with E-state index in [2.05, 4.69) is 22.0 Å². The van der Waals surface area contributed by atoms with E-state index < -0.39 is 0 Å². The van der Waals surface area contributed by atoms with E-state index in [-0.39, 0.29) is 10.9 Å². The topological polar surface area (TPSA) is 27.7 Å². The molecule has 1 saturated heterocycles. The number of rotatable bonds is 3. The second-order valence-corrected chi connectivity index (χ2v) is 5.31. The summed E-state index contributed by atoms with van der Waals surface area (Å²) in [5.41, 5.74) is 0. The quantitative estimate of drug-likeness (QED) is 0.802. The van der Waals surface area contributed by atoms with Crippen molar-refractivity contribution in [1.82, 2.24) is 0 Å². The Balaban J connectivity index is 2.02. The smallest absolute Gasteiger partial charge is 0.173 e. The fraction of sp³-hybridized carbons (Fsp3) is 0.600. The van der Waals surface area contributed by atoms with E-state index in [1.165, 1.54) is 4.88 Å². The van der Waals surface area contributed by atoms with Gasteiger partial charge in [-0.05, 0) is 12.1 Å². The van der Waals surface area contributed by atoms with Gasteiger partial charge in [0.1, 0.15) is 0 Å². The number of alkyl halides is 1. The minimum Gasteiger partial charge on any atom is -0.487 e. The highest BCUT2D eigenvalue weighted by molar-refractivity contribution is 9.09. The molecule has 2 rings (SSSR count). The molecule has 0 saturated carbocycles. The largest absolute Gasteiger partial charge is 0.487 e. The molecule has 3 nitrogen and oxygen atoms in total. The van der Waals surface area contributed by atoms with Crippen LogP contribution >= 0.6 is 27.3 Å². The minimum atomic E-state index is 0.0992. The Morgan fingerprint density at radius 1 is 1.53 bits per heavy atom. The number of methoxy groups -OCH3 is 1. The Morgan fingerprint density at radius 2 is 2.40 bits per heavy atom. The third kappa shape index (κ3) is 2.72. The molecular weight excluding hydrogens is 280 g/mol. The van der Waals surface area contributed by atoms with Crippen LogP contribution in [0.2, 0.25) is 0 Å². The Bertz CT molecular complexity index is 309. The van der Waals surface area contributed by atoms with Crippen molar-refractivity contribution in [2.45, 2.75) is 10.9 Å². The molecule has 5 heteroatoms. The predicted octanol–water partition coefficient (Wildman–Crippen LogP) is 2.61. The normalized spacial score (nSPS) is 23.7. The lowest BCUT2D eigenvalue weighted by atomic mass is 10.2. The lowest BCUT2D eigenvalue weighted by molar-refractivity contribution is -0.0873. The van der Waals surface area contributed by atoms with Gasteiger partial charge >= 0.3 is 0 Å². The molecule has 1 aliphatic heterocycles. The van der Waals surface area contributed by atoms with Crippen LogP contribution in [-0.2, 0) is 9.47 Å². The molecule has 1 aromatic heterocycles. The molecule has 1 aliphatic rings. The fourth-order valence-corrected chi connectivity index (χ4v) is 3.04. The summed E-state index contributed by atoms with van der Waals surface area (Å²) in [6.45, 7) is 2.02. The zero-order valence-electron chi connectivity index (χ0n) is 8.44. The summed E-state index contributed by atoms with van der Waals surface area (Å²) >= 11 is 5.27. The molecule has 0 aromatic carbocycles. The van der Waals surface area contributed by atoms with Crippen molar-refractivity contribution in [3.05, 3.63) is 17.0 Å². The van der Waals surface area contributed by atoms with Gasteiger partial charge in [0, 0.05) is 4.88 Å². The number of hydrogen-bond acceptors (Lipinski definition) is 4. The maximum Gasteiger partial charge on any atom is 0.173 e. The first-order valence-electron chi connectivity index (χ1n) is 4.78. The van der Waals surface area contributed by atoms with E-state index in [4.69, 9.17) is 14.2 Å². The molecule has 0 radical (unpaired) electrons. The van der Waals surface area contributed by atoms with E-state index in [0.29, 0.717) is 19.8 Å². The van der Waals surface area contributed by atoms with Gasteiger partial charge < -0.3 is 14.2 Å². The van der Waals surface area contributed by atoms with Crippen LogP contribution in [0, 0.1) is 0 Å². The molecule has 0 amide bonds. The lowest BCUT2D eigenvalue weighted by Gasteiger charge is -2.26. The van der Waals surface area contributed by atoms with Crippen molar-refractivity contribution in [3.8, 4) is 5.06 Å². The summed E-state index contributed by atoms with van der Waals surface area (Å²) < 4.78 is 16.2. The number of hydrogen-bond donors (Lipinski definition) is 0. The van der Waals surface area contributed by atoms with Gasteiger partial charge in [0.15, 0.2) is 5.06 Å². The van der Waals surface area contributed by atoms with Crippen LogP contribution in [0.1, 0.15) is 9.70 Å². The highest BCUT2D eigenvalue weighted by Crippen LogP contribution is 2.37. The summed E-state index contributed by atoms with van der Waals surface area (Å²) in [6.07, 6.45) is 0.0992. The second-order valence-electron chi connectivity index (χ2n) is 3.25. The first-order valence-corrected chi connectivity index (χ1v) is 6.51. The average molecular weight is 293 g/mol. The lowest BCUT2D eigenvalue weighted by Crippen LogP contribution is -2.31. The molecule has 1 aromatic rings. The monoisotopic (exact) mass is 292 g/mol. The van der Waals surface area contributed by atoms with Gasteiger partial charge in [-0.25, -0.2) is 0 Å². The van der Waals surface area contributed by atoms with Crippen LogP contribution in [0.25, 0.3) is 0 Å². The maximum absolute atomic E-state index is 5.63. The third-order valence-electron chi connectivity index (χ3n) is 2.24. The van der Waals surface area contributed by atoms with Crippen LogP contribution in [-0.4, -0.2) is 33.0 Å². The SMILES string of the molecule is COc1ccc(C(Br)C2COCCO2)s1. The Kier molecular flexibility index (Phi) is 4.02. The number of halogens is 1. The van der Waals surface area contributed by atoms with Crippen molar-refractivity contribution in [1.29, 1.82) is 0 Å². The van der Waals surface area contributed by atoms with E-state index in [1.807, 2.05) is 6.07 Å². The van der Waals surface area contributed by atoms with Gasteiger partial charge in [-0.1, -0.05) is 15.9 Å². The van der Waals surface area contributed by atoms with Crippen molar-refractivity contribution in [2.24, 2.45) is 0 Å². The van der Waals surface area contributed by atoms with Crippen LogP contribution in [0.15, 0.2) is 12.1 Å². The number of thiophene rings is 1. The molecule has 1 fully saturated rings. The summed E-state index contributed by atoms with van der Waals surface area (Å²) in [7, 11) is 1.68. The van der Waals surface area contributed by atoms with Crippen molar-refractivity contribution in [3.63, 3.8) is 0 Å². The average Bonchev–Trinajstić information content (AvgIpc) is 2.78. The van der Waals surface area contributed by atoms with Crippen molar-refractivity contribution < 1.29 is 14.2 Å². The summed E-state index contributed by atoms with van der Waals surface area (Å²) in [6, 6.07) is 4.03. The van der Waals surface area contributed by atoms with Crippen molar-refractivity contribution in [2.75, 3.05) is 26.9 Å². The standard InChI is InChI=1S/C10H13BrO3S/c1-12-9-3-2-8(15-9)10(11)7-6-13-4-5-14-7/h2-3,7,10H,4-6H2,1H3.